The van der Waals surface area contributed by atoms with E-state index in [1.165, 1.54) is 308 Å². The summed E-state index contributed by atoms with van der Waals surface area (Å²) in [7, 11) is 0. The first-order valence-electron chi connectivity index (χ1n) is 42.3. The molecule has 0 aliphatic carbocycles. The van der Waals surface area contributed by atoms with Gasteiger partial charge >= 0.3 is 6.03 Å². The Balaban J connectivity index is 0. The smallest absolute Gasteiger partial charge is 0.320 e. The molecule has 13 heteroatoms. The van der Waals surface area contributed by atoms with E-state index in [2.05, 4.69) is 49.0 Å². The van der Waals surface area contributed by atoms with Crippen molar-refractivity contribution in [3.05, 3.63) is 0 Å². The normalized spacial score (nSPS) is 11.1. The molecular weight excluding hydrogens is 1190 g/mol. The van der Waals surface area contributed by atoms with E-state index < -0.39 is 5.97 Å². The molecule has 96 heavy (non-hydrogen) atoms. The molecule has 0 radical (unpaired) electrons. The fourth-order valence-corrected chi connectivity index (χ4v) is 13.1. The molecule has 0 atom stereocenters. The molecule has 5 N–H and O–H groups in total. The van der Waals surface area contributed by atoms with Gasteiger partial charge in [0.25, 0.3) is 5.97 Å². The van der Waals surface area contributed by atoms with Crippen molar-refractivity contribution in [2.24, 2.45) is 0 Å². The molecule has 0 heterocycles. The molecule has 0 saturated heterocycles. The first kappa shape index (κ1) is 94.7. The molecule has 0 spiro atoms. The molecule has 568 valence electrons. The minimum absolute atomic E-state index is 0.00865. The van der Waals surface area contributed by atoms with E-state index in [1.54, 1.807) is 9.80 Å². The summed E-state index contributed by atoms with van der Waals surface area (Å²) in [4.78, 5) is 79.7. The zero-order valence-corrected chi connectivity index (χ0v) is 64.7. The number of carbonyl (C=O) groups excluding carboxylic acids is 5. The van der Waals surface area contributed by atoms with Crippen molar-refractivity contribution in [1.29, 1.82) is 0 Å². The van der Waals surface area contributed by atoms with E-state index in [4.69, 9.17) is 9.90 Å². The lowest BCUT2D eigenvalue weighted by atomic mass is 10.0. The lowest BCUT2D eigenvalue weighted by Gasteiger charge is -2.31. The van der Waals surface area contributed by atoms with Crippen molar-refractivity contribution in [1.82, 2.24) is 31.1 Å². The van der Waals surface area contributed by atoms with Gasteiger partial charge in [-0.05, 0) is 25.7 Å². The summed E-state index contributed by atoms with van der Waals surface area (Å²) >= 11 is 0. The number of carbonyl (C=O) groups is 6. The van der Waals surface area contributed by atoms with Gasteiger partial charge in [0.2, 0.25) is 23.6 Å². The molecule has 0 bridgehead atoms. The Kier molecular flexibility index (Phi) is 79.5. The fourth-order valence-electron chi connectivity index (χ4n) is 13.1. The Labute approximate surface area is 595 Å². The van der Waals surface area contributed by atoms with Crippen LogP contribution in [0.4, 0.5) is 4.79 Å². The maximum atomic E-state index is 14.7. The summed E-state index contributed by atoms with van der Waals surface area (Å²) in [6.07, 6.45) is 78.9. The molecule has 0 aliphatic rings. The molecule has 0 saturated carbocycles. The summed E-state index contributed by atoms with van der Waals surface area (Å²) < 4.78 is 0. The Bertz CT molecular complexity index is 1450. The Morgan fingerprint density at radius 3 is 0.458 bits per heavy atom. The maximum absolute atomic E-state index is 14.7. The van der Waals surface area contributed by atoms with E-state index in [9.17, 15) is 24.0 Å². The molecule has 0 fully saturated rings. The Morgan fingerprint density at radius 1 is 0.219 bits per heavy atom. The van der Waals surface area contributed by atoms with Gasteiger partial charge in [0.15, 0.2) is 0 Å². The van der Waals surface area contributed by atoms with Crippen LogP contribution in [0.2, 0.25) is 0 Å². The van der Waals surface area contributed by atoms with Crippen molar-refractivity contribution < 1.29 is 33.9 Å². The zero-order chi connectivity index (χ0) is 70.4. The number of aliphatic carboxylic acids is 1. The minimum atomic E-state index is -0.833. The van der Waals surface area contributed by atoms with Gasteiger partial charge in [0.1, 0.15) is 0 Å². The number of hydrogen-bond acceptors (Lipinski definition) is 6. The highest BCUT2D eigenvalue weighted by Gasteiger charge is 2.22. The van der Waals surface area contributed by atoms with Crippen LogP contribution in [0, 0.1) is 0 Å². The van der Waals surface area contributed by atoms with Gasteiger partial charge in [-0.15, -0.1) is 0 Å². The average molecular weight is 1360 g/mol. The summed E-state index contributed by atoms with van der Waals surface area (Å²) in [5, 5.41) is 19.8. The lowest BCUT2D eigenvalue weighted by Crippen LogP contribution is -2.51. The largest absolute Gasteiger partial charge is 0.481 e. The van der Waals surface area contributed by atoms with Crippen molar-refractivity contribution in [2.75, 3.05) is 52.4 Å². The summed E-state index contributed by atoms with van der Waals surface area (Å²) in [6.45, 7) is 12.7. The molecule has 0 aromatic carbocycles. The van der Waals surface area contributed by atoms with Crippen LogP contribution >= 0.6 is 0 Å². The quantitative estimate of drug-likeness (QED) is 0.0376. The molecular formula is C83H164N6O7. The highest BCUT2D eigenvalue weighted by molar-refractivity contribution is 5.78. The van der Waals surface area contributed by atoms with Gasteiger partial charge < -0.3 is 36.2 Å². The molecule has 13 nitrogen and oxygen atoms in total. The minimum Gasteiger partial charge on any atom is -0.481 e. The van der Waals surface area contributed by atoms with E-state index in [0.29, 0.717) is 78.0 Å². The number of carboxylic acids is 1. The lowest BCUT2D eigenvalue weighted by molar-refractivity contribution is -0.134. The second-order valence-corrected chi connectivity index (χ2v) is 29.0. The number of carboxylic acid groups (broad SMARTS) is 1. The third kappa shape index (κ3) is 78.0. The fraction of sp³-hybridized carbons (Fsp3) is 0.928. The van der Waals surface area contributed by atoms with Crippen LogP contribution < -0.4 is 21.3 Å². The SMILES string of the molecule is CC(=O)O.CCCCCCCCCCCCCCCCCC(=O)NCCN(CCNC(=O)CCCCCCCCCCCCCCCCC)C(=O)N(CCNC(=O)CCCCCCCCCCCCCCCCC)CCNC(=O)CCCCCCCCCCCCCCCCC. The van der Waals surface area contributed by atoms with Gasteiger partial charge in [-0.25, -0.2) is 4.79 Å². The van der Waals surface area contributed by atoms with Crippen LogP contribution in [0.3, 0.4) is 0 Å². The number of unbranched alkanes of at least 4 members (excludes halogenated alkanes) is 56. The first-order chi connectivity index (χ1) is 47.0. The van der Waals surface area contributed by atoms with Crippen LogP contribution in [0.15, 0.2) is 0 Å². The van der Waals surface area contributed by atoms with Gasteiger partial charge in [-0.2, -0.15) is 0 Å². The number of rotatable bonds is 76. The summed E-state index contributed by atoms with van der Waals surface area (Å²) in [5.74, 6) is -0.799. The van der Waals surface area contributed by atoms with Crippen LogP contribution in [-0.2, 0) is 24.0 Å². The van der Waals surface area contributed by atoms with Gasteiger partial charge in [0.05, 0.1) is 0 Å². The van der Waals surface area contributed by atoms with E-state index in [-0.39, 0.29) is 29.7 Å². The predicted octanol–water partition coefficient (Wildman–Crippen LogP) is 23.3. The van der Waals surface area contributed by atoms with Crippen LogP contribution in [-0.4, -0.2) is 103 Å². The number of nitrogens with zero attached hydrogens (tertiary/aromatic N) is 2. The third-order valence-electron chi connectivity index (χ3n) is 19.4. The summed E-state index contributed by atoms with van der Waals surface area (Å²) in [5.41, 5.74) is 0. The van der Waals surface area contributed by atoms with E-state index in [0.717, 1.165) is 84.0 Å². The topological polar surface area (TPSA) is 177 Å². The van der Waals surface area contributed by atoms with Crippen molar-refractivity contribution in [3.63, 3.8) is 0 Å². The van der Waals surface area contributed by atoms with Gasteiger partial charge in [-0.1, -0.05) is 387 Å². The molecule has 0 aromatic heterocycles. The highest BCUT2D eigenvalue weighted by atomic mass is 16.4. The Morgan fingerprint density at radius 2 is 0.333 bits per heavy atom. The number of hydrogen-bond donors (Lipinski definition) is 5. The molecule has 0 aromatic rings. The maximum Gasteiger partial charge on any atom is 0.320 e. The van der Waals surface area contributed by atoms with E-state index >= 15 is 0 Å². The number of nitrogens with one attached hydrogen (secondary N) is 4. The van der Waals surface area contributed by atoms with Gasteiger partial charge in [0, 0.05) is 85.0 Å². The monoisotopic (exact) mass is 1360 g/mol. The Hall–Kier alpha value is -3.38. The zero-order valence-electron chi connectivity index (χ0n) is 64.7. The van der Waals surface area contributed by atoms with Crippen LogP contribution in [0.25, 0.3) is 0 Å². The van der Waals surface area contributed by atoms with Crippen molar-refractivity contribution in [2.45, 2.75) is 446 Å². The number of amides is 6. The predicted molar refractivity (Wildman–Crippen MR) is 412 cm³/mol. The van der Waals surface area contributed by atoms with Crippen LogP contribution in [0.1, 0.15) is 446 Å². The second kappa shape index (κ2) is 80.6. The molecule has 0 unspecified atom stereocenters. The molecule has 0 aliphatic heterocycles. The van der Waals surface area contributed by atoms with Crippen molar-refractivity contribution >= 4 is 35.6 Å². The second-order valence-electron chi connectivity index (χ2n) is 29.0. The molecule has 6 amide bonds. The highest BCUT2D eigenvalue weighted by Crippen LogP contribution is 2.19. The summed E-state index contributed by atoms with van der Waals surface area (Å²) in [6, 6.07) is -0.216. The first-order valence-corrected chi connectivity index (χ1v) is 42.3. The third-order valence-corrected chi connectivity index (χ3v) is 19.4. The average Bonchev–Trinajstić information content (AvgIpc) is 2.15. The standard InChI is InChI=1S/C81H160N6O5.C2H4O2/c1-5-9-13-17-21-25-29-33-37-41-45-49-53-57-61-65-77(88)82-69-73-86(74-70-83-78(89)66-62-58-54-50-46-42-38-34-30-26-22-18-14-10-6-2)81(92)87(75-71-84-79(90)67-63-59-55-51-47-43-39-35-31-27-23-19-15-11-7-3)76-72-85-80(91)68-64-60-56-52-48-44-40-36-32-28-24-20-16-12-8-4;1-2(3)4/h5-76H2,1-4H3,(H,82,88)(H,83,89)(H,84,90)(H,85,91);1H3,(H,3,4). The van der Waals surface area contributed by atoms with Crippen LogP contribution in [0.5, 0.6) is 0 Å². The van der Waals surface area contributed by atoms with E-state index in [1.807, 2.05) is 0 Å². The van der Waals surface area contributed by atoms with Gasteiger partial charge in [-0.3, -0.25) is 24.0 Å². The molecule has 0 rings (SSSR count). The van der Waals surface area contributed by atoms with Crippen molar-refractivity contribution in [3.8, 4) is 0 Å². The number of urea groups is 1.